The lowest BCUT2D eigenvalue weighted by Crippen LogP contribution is -2.30. The molecule has 0 saturated heterocycles. The summed E-state index contributed by atoms with van der Waals surface area (Å²) in [5, 5.41) is 6.97. The summed E-state index contributed by atoms with van der Waals surface area (Å²) in [4.78, 5) is 23.9. The molecule has 0 unspecified atom stereocenters. The van der Waals surface area contributed by atoms with Crippen LogP contribution in [0, 0.1) is 13.8 Å². The van der Waals surface area contributed by atoms with Gasteiger partial charge < -0.3 is 5.32 Å². The lowest BCUT2D eigenvalue weighted by atomic mass is 10.1. The number of amides is 1. The highest BCUT2D eigenvalue weighted by atomic mass is 16.2. The van der Waals surface area contributed by atoms with Crippen molar-refractivity contribution >= 4 is 11.6 Å². The maximum absolute atomic E-state index is 12.1. The van der Waals surface area contributed by atoms with Crippen LogP contribution in [-0.2, 0) is 17.8 Å². The first-order chi connectivity index (χ1) is 10.0. The molecule has 0 radical (unpaired) electrons. The van der Waals surface area contributed by atoms with Gasteiger partial charge in [0.25, 0.3) is 5.56 Å². The Labute approximate surface area is 123 Å². The van der Waals surface area contributed by atoms with E-state index in [1.54, 1.807) is 0 Å². The number of carbonyl (C=O) groups is 1. The van der Waals surface area contributed by atoms with E-state index in [-0.39, 0.29) is 18.0 Å². The fourth-order valence-electron chi connectivity index (χ4n) is 2.06. The van der Waals surface area contributed by atoms with Crippen molar-refractivity contribution in [2.45, 2.75) is 33.7 Å². The molecule has 1 N–H and O–H groups in total. The van der Waals surface area contributed by atoms with Gasteiger partial charge in [-0.3, -0.25) is 9.59 Å². The SMILES string of the molecule is CCc1ccccc1NC(=O)Cn1nc(C)c(C)cc1=O. The highest BCUT2D eigenvalue weighted by Crippen LogP contribution is 2.15. The van der Waals surface area contributed by atoms with Crippen molar-refractivity contribution in [3.63, 3.8) is 0 Å². The van der Waals surface area contributed by atoms with E-state index in [9.17, 15) is 9.59 Å². The summed E-state index contributed by atoms with van der Waals surface area (Å²) in [5.41, 5.74) is 3.15. The molecule has 110 valence electrons. The van der Waals surface area contributed by atoms with E-state index in [1.165, 1.54) is 10.7 Å². The first-order valence-electron chi connectivity index (χ1n) is 6.94. The zero-order chi connectivity index (χ0) is 15.4. The summed E-state index contributed by atoms with van der Waals surface area (Å²) in [6, 6.07) is 9.12. The first kappa shape index (κ1) is 15.0. The molecular weight excluding hydrogens is 266 g/mol. The predicted octanol–water partition coefficient (Wildman–Crippen LogP) is 2.06. The molecule has 0 bridgehead atoms. The number of rotatable bonds is 4. The Morgan fingerprint density at radius 3 is 2.71 bits per heavy atom. The van der Waals surface area contributed by atoms with E-state index in [1.807, 2.05) is 45.0 Å². The van der Waals surface area contributed by atoms with Crippen molar-refractivity contribution in [3.05, 3.63) is 57.5 Å². The maximum atomic E-state index is 12.1. The van der Waals surface area contributed by atoms with E-state index in [2.05, 4.69) is 10.4 Å². The fourth-order valence-corrected chi connectivity index (χ4v) is 2.06. The van der Waals surface area contributed by atoms with Crippen molar-refractivity contribution in [3.8, 4) is 0 Å². The quantitative estimate of drug-likeness (QED) is 0.935. The summed E-state index contributed by atoms with van der Waals surface area (Å²) in [6.45, 7) is 5.58. The van der Waals surface area contributed by atoms with Gasteiger partial charge in [0.2, 0.25) is 5.91 Å². The molecule has 0 fully saturated rings. The van der Waals surface area contributed by atoms with Crippen molar-refractivity contribution in [2.75, 3.05) is 5.32 Å². The molecule has 1 aromatic carbocycles. The van der Waals surface area contributed by atoms with Gasteiger partial charge in [-0.05, 0) is 37.5 Å². The zero-order valence-corrected chi connectivity index (χ0v) is 12.5. The lowest BCUT2D eigenvalue weighted by molar-refractivity contribution is -0.117. The number of aromatic nitrogens is 2. The molecule has 5 heteroatoms. The average molecular weight is 285 g/mol. The molecule has 1 aromatic heterocycles. The van der Waals surface area contributed by atoms with Crippen LogP contribution in [0.4, 0.5) is 5.69 Å². The number of aryl methyl sites for hydroxylation is 3. The van der Waals surface area contributed by atoms with Gasteiger partial charge in [0.1, 0.15) is 6.54 Å². The predicted molar refractivity (Wildman–Crippen MR) is 82.4 cm³/mol. The number of nitrogens with zero attached hydrogens (tertiary/aromatic N) is 2. The number of hydrogen-bond donors (Lipinski definition) is 1. The third kappa shape index (κ3) is 3.56. The monoisotopic (exact) mass is 285 g/mol. The van der Waals surface area contributed by atoms with Crippen molar-refractivity contribution in [1.82, 2.24) is 9.78 Å². The topological polar surface area (TPSA) is 64.0 Å². The van der Waals surface area contributed by atoms with Gasteiger partial charge in [0.05, 0.1) is 5.69 Å². The normalized spacial score (nSPS) is 10.4. The Morgan fingerprint density at radius 2 is 2.00 bits per heavy atom. The van der Waals surface area contributed by atoms with Crippen LogP contribution in [-0.4, -0.2) is 15.7 Å². The third-order valence-electron chi connectivity index (χ3n) is 3.40. The Hall–Kier alpha value is -2.43. The molecule has 0 aliphatic rings. The summed E-state index contributed by atoms with van der Waals surface area (Å²) >= 11 is 0. The summed E-state index contributed by atoms with van der Waals surface area (Å²) in [6.07, 6.45) is 0.832. The number of carbonyl (C=O) groups excluding carboxylic acids is 1. The minimum Gasteiger partial charge on any atom is -0.324 e. The second kappa shape index (κ2) is 6.35. The Kier molecular flexibility index (Phi) is 4.52. The molecule has 0 aliphatic heterocycles. The van der Waals surface area contributed by atoms with Crippen LogP contribution in [0.15, 0.2) is 35.1 Å². The van der Waals surface area contributed by atoms with Crippen LogP contribution in [0.1, 0.15) is 23.7 Å². The molecule has 21 heavy (non-hydrogen) atoms. The molecule has 2 rings (SSSR count). The van der Waals surface area contributed by atoms with Gasteiger partial charge in [0.15, 0.2) is 0 Å². The first-order valence-corrected chi connectivity index (χ1v) is 6.94. The van der Waals surface area contributed by atoms with Crippen molar-refractivity contribution in [1.29, 1.82) is 0 Å². The summed E-state index contributed by atoms with van der Waals surface area (Å²) < 4.78 is 1.19. The Bertz CT molecular complexity index is 720. The number of para-hydroxylation sites is 1. The Morgan fingerprint density at radius 1 is 1.29 bits per heavy atom. The minimum atomic E-state index is -0.267. The smallest absolute Gasteiger partial charge is 0.267 e. The minimum absolute atomic E-state index is 0.0853. The molecule has 5 nitrogen and oxygen atoms in total. The van der Waals surface area contributed by atoms with Gasteiger partial charge in [-0.15, -0.1) is 0 Å². The number of anilines is 1. The third-order valence-corrected chi connectivity index (χ3v) is 3.40. The molecule has 0 aliphatic carbocycles. The second-order valence-electron chi connectivity index (χ2n) is 4.97. The lowest BCUT2D eigenvalue weighted by Gasteiger charge is -2.11. The van der Waals surface area contributed by atoms with Crippen molar-refractivity contribution in [2.24, 2.45) is 0 Å². The van der Waals surface area contributed by atoms with Crippen LogP contribution in [0.25, 0.3) is 0 Å². The largest absolute Gasteiger partial charge is 0.324 e. The molecular formula is C16H19N3O2. The standard InChI is InChI=1S/C16H19N3O2/c1-4-13-7-5-6-8-14(13)17-15(20)10-19-16(21)9-11(2)12(3)18-19/h5-9H,4,10H2,1-3H3,(H,17,20). The van der Waals surface area contributed by atoms with E-state index in [4.69, 9.17) is 0 Å². The summed E-state index contributed by atoms with van der Waals surface area (Å²) in [7, 11) is 0. The average Bonchev–Trinajstić information content (AvgIpc) is 2.45. The van der Waals surface area contributed by atoms with Crippen LogP contribution in [0.2, 0.25) is 0 Å². The van der Waals surface area contributed by atoms with E-state index in [0.717, 1.165) is 28.9 Å². The van der Waals surface area contributed by atoms with Gasteiger partial charge in [0, 0.05) is 11.8 Å². The highest BCUT2D eigenvalue weighted by molar-refractivity contribution is 5.91. The Balaban J connectivity index is 2.16. The van der Waals surface area contributed by atoms with E-state index in [0.29, 0.717) is 0 Å². The highest BCUT2D eigenvalue weighted by Gasteiger charge is 2.09. The van der Waals surface area contributed by atoms with Crippen LogP contribution < -0.4 is 10.9 Å². The number of hydrogen-bond acceptors (Lipinski definition) is 3. The number of benzene rings is 1. The van der Waals surface area contributed by atoms with E-state index >= 15 is 0 Å². The molecule has 1 heterocycles. The number of nitrogens with one attached hydrogen (secondary N) is 1. The van der Waals surface area contributed by atoms with Crippen LogP contribution in [0.5, 0.6) is 0 Å². The fraction of sp³-hybridized carbons (Fsp3) is 0.312. The van der Waals surface area contributed by atoms with Gasteiger partial charge >= 0.3 is 0 Å². The zero-order valence-electron chi connectivity index (χ0n) is 12.5. The van der Waals surface area contributed by atoms with Crippen LogP contribution in [0.3, 0.4) is 0 Å². The summed E-state index contributed by atoms with van der Waals surface area (Å²) in [5.74, 6) is -0.256. The molecule has 0 saturated carbocycles. The second-order valence-corrected chi connectivity index (χ2v) is 4.97. The molecule has 0 atom stereocenters. The van der Waals surface area contributed by atoms with Gasteiger partial charge in [-0.2, -0.15) is 5.10 Å². The van der Waals surface area contributed by atoms with Crippen molar-refractivity contribution < 1.29 is 4.79 Å². The van der Waals surface area contributed by atoms with Gasteiger partial charge in [-0.25, -0.2) is 4.68 Å². The van der Waals surface area contributed by atoms with E-state index < -0.39 is 0 Å². The maximum Gasteiger partial charge on any atom is 0.267 e. The van der Waals surface area contributed by atoms with Gasteiger partial charge in [-0.1, -0.05) is 25.1 Å². The van der Waals surface area contributed by atoms with Crippen LogP contribution >= 0.6 is 0 Å². The molecule has 0 spiro atoms. The molecule has 2 aromatic rings. The molecule has 1 amide bonds.